The van der Waals surface area contributed by atoms with E-state index in [2.05, 4.69) is 10.3 Å². The van der Waals surface area contributed by atoms with Gasteiger partial charge in [-0.1, -0.05) is 18.2 Å². The summed E-state index contributed by atoms with van der Waals surface area (Å²) >= 11 is 1.27. The Morgan fingerprint density at radius 1 is 1.07 bits per heavy atom. The third-order valence-electron chi connectivity index (χ3n) is 4.55. The minimum Gasteiger partial charge on any atom is -0.494 e. The number of aliphatic imine (C=N–C) groups is 1. The molecule has 1 aliphatic rings. The number of hydrogen-bond acceptors (Lipinski definition) is 5. The Balaban J connectivity index is 1.67. The van der Waals surface area contributed by atoms with Crippen molar-refractivity contribution in [1.29, 1.82) is 0 Å². The molecule has 7 nitrogen and oxygen atoms in total. The first-order chi connectivity index (χ1) is 13.5. The summed E-state index contributed by atoms with van der Waals surface area (Å²) in [4.78, 5) is 29.5. The third-order valence-corrected chi connectivity index (χ3v) is 5.46. The van der Waals surface area contributed by atoms with E-state index in [1.807, 2.05) is 42.5 Å². The Morgan fingerprint density at radius 2 is 1.82 bits per heavy atom. The van der Waals surface area contributed by atoms with Crippen molar-refractivity contribution < 1.29 is 9.53 Å². The van der Waals surface area contributed by atoms with Crippen LogP contribution in [0.1, 0.15) is 5.56 Å². The van der Waals surface area contributed by atoms with E-state index in [4.69, 9.17) is 4.74 Å². The zero-order valence-electron chi connectivity index (χ0n) is 15.6. The van der Waals surface area contributed by atoms with Crippen LogP contribution in [0.3, 0.4) is 0 Å². The van der Waals surface area contributed by atoms with E-state index in [0.717, 1.165) is 16.6 Å². The van der Waals surface area contributed by atoms with Gasteiger partial charge in [0.05, 0.1) is 23.0 Å². The predicted octanol–water partition coefficient (Wildman–Crippen LogP) is 2.78. The molecule has 28 heavy (non-hydrogen) atoms. The first-order valence-electron chi connectivity index (χ1n) is 8.56. The highest BCUT2D eigenvalue weighted by molar-refractivity contribution is 8.18. The predicted molar refractivity (Wildman–Crippen MR) is 112 cm³/mol. The quantitative estimate of drug-likeness (QED) is 0.693. The molecule has 0 saturated carbocycles. The molecule has 1 fully saturated rings. The number of carbonyl (C=O) groups excluding carboxylic acids is 1. The van der Waals surface area contributed by atoms with Gasteiger partial charge >= 0.3 is 5.69 Å². The molecule has 1 saturated heterocycles. The molecule has 0 unspecified atom stereocenters. The van der Waals surface area contributed by atoms with Crippen LogP contribution in [0.2, 0.25) is 0 Å². The first-order valence-corrected chi connectivity index (χ1v) is 9.37. The number of amidine groups is 1. The molecule has 0 atom stereocenters. The minimum absolute atomic E-state index is 0.0842. The average Bonchev–Trinajstić information content (AvgIpc) is 3.14. The Hall–Kier alpha value is -3.26. The number of benzene rings is 2. The number of imidazole rings is 1. The monoisotopic (exact) mass is 394 g/mol. The summed E-state index contributed by atoms with van der Waals surface area (Å²) in [7, 11) is 5.05. The van der Waals surface area contributed by atoms with Gasteiger partial charge in [0.1, 0.15) is 11.4 Å². The number of fused-ring (bicyclic) bond motifs is 1. The summed E-state index contributed by atoms with van der Waals surface area (Å²) in [6.45, 7) is 0. The number of methoxy groups -OCH3 is 1. The van der Waals surface area contributed by atoms with E-state index < -0.39 is 0 Å². The van der Waals surface area contributed by atoms with Gasteiger partial charge in [-0.25, -0.2) is 9.79 Å². The van der Waals surface area contributed by atoms with E-state index in [1.54, 1.807) is 36.4 Å². The molecule has 1 amide bonds. The molecule has 0 aliphatic carbocycles. The van der Waals surface area contributed by atoms with Gasteiger partial charge in [-0.3, -0.25) is 13.9 Å². The number of nitrogens with one attached hydrogen (secondary N) is 1. The Kier molecular flexibility index (Phi) is 4.56. The zero-order chi connectivity index (χ0) is 19.8. The molecule has 1 aliphatic heterocycles. The maximum atomic E-state index is 12.4. The molecule has 2 heterocycles. The van der Waals surface area contributed by atoms with E-state index >= 15 is 0 Å². The van der Waals surface area contributed by atoms with Crippen molar-refractivity contribution in [2.75, 3.05) is 7.11 Å². The summed E-state index contributed by atoms with van der Waals surface area (Å²) in [5.74, 6) is 0.429. The van der Waals surface area contributed by atoms with Gasteiger partial charge < -0.3 is 10.1 Å². The second kappa shape index (κ2) is 7.05. The normalized spacial score (nSPS) is 16.9. The highest BCUT2D eigenvalue weighted by Crippen LogP contribution is 2.32. The second-order valence-corrected chi connectivity index (χ2v) is 7.33. The van der Waals surface area contributed by atoms with Crippen molar-refractivity contribution in [3.63, 3.8) is 0 Å². The number of ether oxygens (including phenoxy) is 1. The van der Waals surface area contributed by atoms with Crippen molar-refractivity contribution in [3.05, 3.63) is 63.4 Å². The summed E-state index contributed by atoms with van der Waals surface area (Å²) in [5.41, 5.74) is 3.06. The molecular weight excluding hydrogens is 376 g/mol. The fraction of sp³-hybridized carbons (Fsp3) is 0.150. The number of para-hydroxylation sites is 2. The summed E-state index contributed by atoms with van der Waals surface area (Å²) in [6.07, 6.45) is 1.79. The van der Waals surface area contributed by atoms with Crippen LogP contribution < -0.4 is 15.7 Å². The van der Waals surface area contributed by atoms with Gasteiger partial charge in [0.25, 0.3) is 5.91 Å². The average molecular weight is 394 g/mol. The van der Waals surface area contributed by atoms with Gasteiger partial charge in [0.2, 0.25) is 0 Å². The molecule has 0 spiro atoms. The van der Waals surface area contributed by atoms with Gasteiger partial charge in [-0.15, -0.1) is 0 Å². The van der Waals surface area contributed by atoms with Crippen LogP contribution in [0.15, 0.2) is 57.2 Å². The molecule has 2 aromatic carbocycles. The second-order valence-electron chi connectivity index (χ2n) is 6.30. The molecule has 0 bridgehead atoms. The van der Waals surface area contributed by atoms with Crippen LogP contribution in [-0.2, 0) is 18.9 Å². The lowest BCUT2D eigenvalue weighted by Crippen LogP contribution is -2.19. The Labute approximate surface area is 165 Å². The standard InChI is InChI=1S/C20H18N4O3S/c1-23-14-9-8-12(10-15(14)24(2)20(23)26)11-17-18(25)22-19(28-17)21-13-6-4-5-7-16(13)27-3/h4-11H,1-3H3,(H,21,22,25)/b17-11-. The van der Waals surface area contributed by atoms with E-state index in [0.29, 0.717) is 21.5 Å². The Bertz CT molecular complexity index is 1220. The van der Waals surface area contributed by atoms with Crippen molar-refractivity contribution in [3.8, 4) is 5.75 Å². The summed E-state index contributed by atoms with van der Waals surface area (Å²) in [6, 6.07) is 13.0. The van der Waals surface area contributed by atoms with Crippen LogP contribution in [0.4, 0.5) is 5.69 Å². The van der Waals surface area contributed by atoms with Crippen molar-refractivity contribution >= 4 is 45.6 Å². The van der Waals surface area contributed by atoms with E-state index in [9.17, 15) is 9.59 Å². The summed E-state index contributed by atoms with van der Waals surface area (Å²) < 4.78 is 8.48. The number of rotatable bonds is 3. The number of thioether (sulfide) groups is 1. The van der Waals surface area contributed by atoms with Gasteiger partial charge in [-0.05, 0) is 47.7 Å². The van der Waals surface area contributed by atoms with Crippen molar-refractivity contribution in [2.24, 2.45) is 19.1 Å². The highest BCUT2D eigenvalue weighted by atomic mass is 32.2. The zero-order valence-corrected chi connectivity index (χ0v) is 16.4. The molecule has 1 N–H and O–H groups in total. The highest BCUT2D eigenvalue weighted by Gasteiger charge is 2.24. The molecular formula is C20H18N4O3S. The lowest BCUT2D eigenvalue weighted by atomic mass is 10.2. The van der Waals surface area contributed by atoms with Crippen LogP contribution in [-0.4, -0.2) is 27.3 Å². The maximum Gasteiger partial charge on any atom is 0.328 e. The lowest BCUT2D eigenvalue weighted by molar-refractivity contribution is -0.115. The van der Waals surface area contributed by atoms with Gasteiger partial charge in [-0.2, -0.15) is 0 Å². The Morgan fingerprint density at radius 3 is 2.61 bits per heavy atom. The smallest absolute Gasteiger partial charge is 0.328 e. The van der Waals surface area contributed by atoms with Crippen molar-refractivity contribution in [1.82, 2.24) is 14.5 Å². The summed E-state index contributed by atoms with van der Waals surface area (Å²) in [5, 5.41) is 3.27. The minimum atomic E-state index is -0.208. The first kappa shape index (κ1) is 18.1. The van der Waals surface area contributed by atoms with Crippen LogP contribution in [0.5, 0.6) is 5.75 Å². The fourth-order valence-electron chi connectivity index (χ4n) is 3.08. The van der Waals surface area contributed by atoms with E-state index in [-0.39, 0.29) is 11.6 Å². The molecule has 0 radical (unpaired) electrons. The number of aryl methyl sites for hydroxylation is 2. The largest absolute Gasteiger partial charge is 0.494 e. The fourth-order valence-corrected chi connectivity index (χ4v) is 3.91. The lowest BCUT2D eigenvalue weighted by Gasteiger charge is -2.03. The SMILES string of the molecule is COc1ccccc1N=C1NC(=O)/C(=C/c2ccc3c(c2)n(C)c(=O)n3C)S1. The van der Waals surface area contributed by atoms with Crippen molar-refractivity contribution in [2.45, 2.75) is 0 Å². The third kappa shape index (κ3) is 3.11. The number of nitrogens with zero attached hydrogens (tertiary/aromatic N) is 3. The van der Waals surface area contributed by atoms with Gasteiger partial charge in [0.15, 0.2) is 5.17 Å². The molecule has 1 aromatic heterocycles. The topological polar surface area (TPSA) is 77.6 Å². The molecule has 3 aromatic rings. The number of amides is 1. The molecule has 4 rings (SSSR count). The van der Waals surface area contributed by atoms with Crippen LogP contribution >= 0.6 is 11.8 Å². The maximum absolute atomic E-state index is 12.4. The van der Waals surface area contributed by atoms with Crippen LogP contribution in [0.25, 0.3) is 17.1 Å². The number of carbonyl (C=O) groups is 1. The van der Waals surface area contributed by atoms with E-state index in [1.165, 1.54) is 11.8 Å². The van der Waals surface area contributed by atoms with Crippen LogP contribution in [0, 0.1) is 0 Å². The molecule has 142 valence electrons. The van der Waals surface area contributed by atoms with Gasteiger partial charge in [0, 0.05) is 14.1 Å². The molecule has 8 heteroatoms. The number of hydrogen-bond donors (Lipinski definition) is 1. The number of aromatic nitrogens is 2.